The lowest BCUT2D eigenvalue weighted by atomic mass is 10.1. The zero-order chi connectivity index (χ0) is 17.1. The second-order valence-corrected chi connectivity index (χ2v) is 6.79. The van der Waals surface area contributed by atoms with E-state index in [4.69, 9.17) is 0 Å². The standard InChI is InChI=1S/C19H19N3OS/c1-13-20-18(12-24-13)14-6-4-8-16(10-14)21-19(23)15-7-5-9-17(11-15)22(2)3/h4-12H,1-3H3,(H,21,23). The van der Waals surface area contributed by atoms with E-state index in [9.17, 15) is 4.79 Å². The van der Waals surface area contributed by atoms with E-state index in [0.717, 1.165) is 27.6 Å². The molecular weight excluding hydrogens is 318 g/mol. The first kappa shape index (κ1) is 16.2. The molecule has 5 heteroatoms. The highest BCUT2D eigenvalue weighted by atomic mass is 32.1. The molecule has 4 nitrogen and oxygen atoms in total. The number of thiazole rings is 1. The summed E-state index contributed by atoms with van der Waals surface area (Å²) in [5.74, 6) is -0.120. The van der Waals surface area contributed by atoms with Gasteiger partial charge in [0.25, 0.3) is 5.91 Å². The summed E-state index contributed by atoms with van der Waals surface area (Å²) >= 11 is 1.62. The SMILES string of the molecule is Cc1nc(-c2cccc(NC(=O)c3cccc(N(C)C)c3)c2)cs1. The fourth-order valence-electron chi connectivity index (χ4n) is 2.38. The second kappa shape index (κ2) is 6.84. The highest BCUT2D eigenvalue weighted by Crippen LogP contribution is 2.24. The van der Waals surface area contributed by atoms with Gasteiger partial charge in [-0.3, -0.25) is 4.79 Å². The predicted molar refractivity (Wildman–Crippen MR) is 101 cm³/mol. The average molecular weight is 337 g/mol. The normalized spacial score (nSPS) is 10.5. The molecule has 0 atom stereocenters. The quantitative estimate of drug-likeness (QED) is 0.765. The average Bonchev–Trinajstić information content (AvgIpc) is 3.02. The molecule has 2 aromatic carbocycles. The molecule has 0 aliphatic heterocycles. The number of carbonyl (C=O) groups is 1. The fourth-order valence-corrected chi connectivity index (χ4v) is 3.00. The van der Waals surface area contributed by atoms with E-state index in [1.54, 1.807) is 11.3 Å². The van der Waals surface area contributed by atoms with Crippen molar-refractivity contribution < 1.29 is 4.79 Å². The summed E-state index contributed by atoms with van der Waals surface area (Å²) in [4.78, 5) is 19.0. The van der Waals surface area contributed by atoms with E-state index in [1.165, 1.54) is 0 Å². The number of benzene rings is 2. The van der Waals surface area contributed by atoms with Gasteiger partial charge in [0.15, 0.2) is 0 Å². The van der Waals surface area contributed by atoms with Crippen LogP contribution in [-0.2, 0) is 0 Å². The molecule has 1 aromatic heterocycles. The van der Waals surface area contributed by atoms with Crippen LogP contribution in [0.15, 0.2) is 53.9 Å². The van der Waals surface area contributed by atoms with E-state index in [-0.39, 0.29) is 5.91 Å². The third-order valence-electron chi connectivity index (χ3n) is 3.66. The number of rotatable bonds is 4. The van der Waals surface area contributed by atoms with Gasteiger partial charge in [0.1, 0.15) is 0 Å². The van der Waals surface area contributed by atoms with E-state index < -0.39 is 0 Å². The van der Waals surface area contributed by atoms with Crippen LogP contribution in [0.2, 0.25) is 0 Å². The van der Waals surface area contributed by atoms with E-state index in [2.05, 4.69) is 10.3 Å². The Bertz CT molecular complexity index is 870. The Morgan fingerprint density at radius 3 is 2.62 bits per heavy atom. The summed E-state index contributed by atoms with van der Waals surface area (Å²) in [6.45, 7) is 1.98. The highest BCUT2D eigenvalue weighted by Gasteiger charge is 2.09. The molecule has 0 spiro atoms. The Balaban J connectivity index is 1.81. The van der Waals surface area contributed by atoms with Crippen molar-refractivity contribution in [2.45, 2.75) is 6.92 Å². The van der Waals surface area contributed by atoms with Crippen LogP contribution in [0, 0.1) is 6.92 Å². The van der Waals surface area contributed by atoms with Crippen LogP contribution in [0.1, 0.15) is 15.4 Å². The molecule has 0 aliphatic rings. The van der Waals surface area contributed by atoms with Crippen LogP contribution >= 0.6 is 11.3 Å². The van der Waals surface area contributed by atoms with Crippen molar-refractivity contribution >= 4 is 28.6 Å². The van der Waals surface area contributed by atoms with Crippen LogP contribution in [0.5, 0.6) is 0 Å². The second-order valence-electron chi connectivity index (χ2n) is 5.73. The maximum atomic E-state index is 12.5. The van der Waals surface area contributed by atoms with Crippen molar-refractivity contribution in [2.75, 3.05) is 24.3 Å². The Morgan fingerprint density at radius 1 is 1.12 bits per heavy atom. The zero-order valence-corrected chi connectivity index (χ0v) is 14.7. The third-order valence-corrected chi connectivity index (χ3v) is 4.43. The van der Waals surface area contributed by atoms with Crippen LogP contribution in [0.3, 0.4) is 0 Å². The van der Waals surface area contributed by atoms with Crippen molar-refractivity contribution in [2.24, 2.45) is 0 Å². The third kappa shape index (κ3) is 3.63. The lowest BCUT2D eigenvalue weighted by molar-refractivity contribution is 0.102. The minimum atomic E-state index is -0.120. The minimum Gasteiger partial charge on any atom is -0.378 e. The van der Waals surface area contributed by atoms with Gasteiger partial charge in [-0.15, -0.1) is 11.3 Å². The van der Waals surface area contributed by atoms with Gasteiger partial charge in [-0.1, -0.05) is 18.2 Å². The largest absolute Gasteiger partial charge is 0.378 e. The molecule has 0 radical (unpaired) electrons. The fraction of sp³-hybridized carbons (Fsp3) is 0.158. The van der Waals surface area contributed by atoms with Crippen molar-refractivity contribution in [1.29, 1.82) is 0 Å². The molecule has 1 N–H and O–H groups in total. The first-order chi connectivity index (χ1) is 11.5. The van der Waals surface area contributed by atoms with Gasteiger partial charge in [0, 0.05) is 42.0 Å². The molecule has 24 heavy (non-hydrogen) atoms. The van der Waals surface area contributed by atoms with Crippen molar-refractivity contribution in [3.63, 3.8) is 0 Å². The van der Waals surface area contributed by atoms with E-state index in [1.807, 2.05) is 79.8 Å². The number of nitrogens with one attached hydrogen (secondary N) is 1. The van der Waals surface area contributed by atoms with Gasteiger partial charge in [-0.25, -0.2) is 4.98 Å². The zero-order valence-electron chi connectivity index (χ0n) is 13.9. The topological polar surface area (TPSA) is 45.2 Å². The number of carbonyl (C=O) groups excluding carboxylic acids is 1. The summed E-state index contributed by atoms with van der Waals surface area (Å²) in [7, 11) is 3.91. The number of nitrogens with zero attached hydrogens (tertiary/aromatic N) is 2. The molecule has 0 aliphatic carbocycles. The predicted octanol–water partition coefficient (Wildman–Crippen LogP) is 4.44. The molecule has 0 bridgehead atoms. The molecule has 3 aromatic rings. The van der Waals surface area contributed by atoms with Crippen LogP contribution < -0.4 is 10.2 Å². The molecule has 0 unspecified atom stereocenters. The van der Waals surface area contributed by atoms with Crippen LogP contribution in [-0.4, -0.2) is 25.0 Å². The van der Waals surface area contributed by atoms with Gasteiger partial charge in [-0.05, 0) is 37.3 Å². The van der Waals surface area contributed by atoms with Crippen molar-refractivity contribution in [3.8, 4) is 11.3 Å². The summed E-state index contributed by atoms with van der Waals surface area (Å²) in [5, 5.41) is 6.01. The molecule has 3 rings (SSSR count). The van der Waals surface area contributed by atoms with Gasteiger partial charge in [0.05, 0.1) is 10.7 Å². The van der Waals surface area contributed by atoms with E-state index >= 15 is 0 Å². The van der Waals surface area contributed by atoms with Crippen LogP contribution in [0.4, 0.5) is 11.4 Å². The lowest BCUT2D eigenvalue weighted by Crippen LogP contribution is -2.14. The Morgan fingerprint density at radius 2 is 1.92 bits per heavy atom. The maximum Gasteiger partial charge on any atom is 0.255 e. The number of aryl methyl sites for hydroxylation is 1. The number of aromatic nitrogens is 1. The summed E-state index contributed by atoms with van der Waals surface area (Å²) in [6.07, 6.45) is 0. The summed E-state index contributed by atoms with van der Waals surface area (Å²) in [6, 6.07) is 15.3. The molecule has 0 saturated carbocycles. The summed E-state index contributed by atoms with van der Waals surface area (Å²) in [5.41, 5.74) is 4.33. The van der Waals surface area contributed by atoms with Crippen LogP contribution in [0.25, 0.3) is 11.3 Å². The van der Waals surface area contributed by atoms with Gasteiger partial charge < -0.3 is 10.2 Å². The van der Waals surface area contributed by atoms with Crippen molar-refractivity contribution in [1.82, 2.24) is 4.98 Å². The molecule has 1 heterocycles. The van der Waals surface area contributed by atoms with E-state index in [0.29, 0.717) is 5.56 Å². The number of anilines is 2. The molecule has 1 amide bonds. The Kier molecular flexibility index (Phi) is 4.62. The Labute approximate surface area is 145 Å². The molecule has 122 valence electrons. The molecular formula is C19H19N3OS. The molecule has 0 fully saturated rings. The number of amides is 1. The number of hydrogen-bond acceptors (Lipinski definition) is 4. The van der Waals surface area contributed by atoms with Gasteiger partial charge in [0.2, 0.25) is 0 Å². The minimum absolute atomic E-state index is 0.120. The van der Waals surface area contributed by atoms with Crippen molar-refractivity contribution in [3.05, 3.63) is 64.5 Å². The summed E-state index contributed by atoms with van der Waals surface area (Å²) < 4.78 is 0. The monoisotopic (exact) mass is 337 g/mol. The van der Waals surface area contributed by atoms with Gasteiger partial charge >= 0.3 is 0 Å². The first-order valence-electron chi connectivity index (χ1n) is 7.64. The highest BCUT2D eigenvalue weighted by molar-refractivity contribution is 7.09. The number of hydrogen-bond donors (Lipinski definition) is 1. The first-order valence-corrected chi connectivity index (χ1v) is 8.52. The Hall–Kier alpha value is -2.66. The lowest BCUT2D eigenvalue weighted by Gasteiger charge is -2.13. The smallest absolute Gasteiger partial charge is 0.255 e. The maximum absolute atomic E-state index is 12.5. The molecule has 0 saturated heterocycles. The van der Waals surface area contributed by atoms with Gasteiger partial charge in [-0.2, -0.15) is 0 Å².